The maximum Gasteiger partial charge on any atom is 0.322 e. The fraction of sp³-hybridized carbons (Fsp3) is 0.947. The number of ether oxygens (including phenoxy) is 1. The van der Waals surface area contributed by atoms with Crippen LogP contribution >= 0.6 is 15.9 Å². The predicted octanol–water partition coefficient (Wildman–Crippen LogP) is 5.77. The van der Waals surface area contributed by atoms with Gasteiger partial charge in [0.2, 0.25) is 0 Å². The highest BCUT2D eigenvalue weighted by Crippen LogP contribution is 2.16. The van der Waals surface area contributed by atoms with Crippen molar-refractivity contribution in [2.24, 2.45) is 0 Å². The predicted molar refractivity (Wildman–Crippen MR) is 101 cm³/mol. The van der Waals surface area contributed by atoms with Gasteiger partial charge in [-0.15, -0.1) is 0 Å². The molecule has 0 bridgehead atoms. The molecule has 0 aliphatic carbocycles. The zero-order chi connectivity index (χ0) is 17.3. The summed E-state index contributed by atoms with van der Waals surface area (Å²) in [6.07, 6.45) is 17.1. The maximum atomic E-state index is 11.3. The number of unbranched alkanes of at least 4 members (excludes halogenated alkanes) is 12. The molecule has 0 spiro atoms. The van der Waals surface area contributed by atoms with Gasteiger partial charge in [-0.1, -0.05) is 106 Å². The Kier molecular flexibility index (Phi) is 16.7. The lowest BCUT2D eigenvalue weighted by Gasteiger charge is -2.14. The standard InChI is InChI=1S/C19H37BrO3/c1-3-4-5-6-7-8-9-10-11-12-13-14-15-16-17(21)18(20)19(22)23-2/h17-18,21H,3-16H2,1-2H3/t17-,18-/m1/s1. The van der Waals surface area contributed by atoms with Gasteiger partial charge in [-0.2, -0.15) is 0 Å². The highest BCUT2D eigenvalue weighted by Gasteiger charge is 2.23. The van der Waals surface area contributed by atoms with Gasteiger partial charge < -0.3 is 9.84 Å². The molecule has 23 heavy (non-hydrogen) atoms. The van der Waals surface area contributed by atoms with Crippen LogP contribution in [0.3, 0.4) is 0 Å². The third-order valence-electron chi connectivity index (χ3n) is 4.37. The molecular formula is C19H37BrO3. The van der Waals surface area contributed by atoms with Crippen molar-refractivity contribution < 1.29 is 14.6 Å². The molecular weight excluding hydrogens is 356 g/mol. The number of methoxy groups -OCH3 is 1. The van der Waals surface area contributed by atoms with Crippen molar-refractivity contribution in [3.05, 3.63) is 0 Å². The molecule has 3 nitrogen and oxygen atoms in total. The summed E-state index contributed by atoms with van der Waals surface area (Å²) in [7, 11) is 1.34. The second-order valence-electron chi connectivity index (χ2n) is 6.52. The number of alkyl halides is 1. The van der Waals surface area contributed by atoms with E-state index in [4.69, 9.17) is 0 Å². The van der Waals surface area contributed by atoms with Crippen molar-refractivity contribution in [2.75, 3.05) is 7.11 Å². The Labute approximate surface area is 151 Å². The number of carbonyl (C=O) groups excluding carboxylic acids is 1. The van der Waals surface area contributed by atoms with Gasteiger partial charge >= 0.3 is 5.97 Å². The zero-order valence-corrected chi connectivity index (χ0v) is 16.8. The number of carbonyl (C=O) groups is 1. The Balaban J connectivity index is 3.26. The normalized spacial score (nSPS) is 13.7. The molecule has 1 N–H and O–H groups in total. The molecule has 0 aromatic carbocycles. The molecule has 138 valence electrons. The minimum absolute atomic E-state index is 0.396. The van der Waals surface area contributed by atoms with Crippen LogP contribution in [0.5, 0.6) is 0 Å². The monoisotopic (exact) mass is 392 g/mol. The van der Waals surface area contributed by atoms with Gasteiger partial charge in [0.25, 0.3) is 0 Å². The second-order valence-corrected chi connectivity index (χ2v) is 7.51. The summed E-state index contributed by atoms with van der Waals surface area (Å²) in [5.74, 6) is -0.396. The van der Waals surface area contributed by atoms with Crippen molar-refractivity contribution in [1.82, 2.24) is 0 Å². The summed E-state index contributed by atoms with van der Waals surface area (Å²) in [5, 5.41) is 9.85. The van der Waals surface area contributed by atoms with Crippen molar-refractivity contribution in [3.63, 3.8) is 0 Å². The van der Waals surface area contributed by atoms with Crippen LogP contribution in [0.1, 0.15) is 96.8 Å². The average Bonchev–Trinajstić information content (AvgIpc) is 2.57. The SMILES string of the molecule is CCCCCCCCCCCCCCC[C@@H](O)[C@@H](Br)C(=O)OC. The lowest BCUT2D eigenvalue weighted by atomic mass is 10.0. The van der Waals surface area contributed by atoms with Gasteiger partial charge in [-0.3, -0.25) is 4.79 Å². The highest BCUT2D eigenvalue weighted by atomic mass is 79.9. The van der Waals surface area contributed by atoms with Crippen LogP contribution in [0.4, 0.5) is 0 Å². The average molecular weight is 393 g/mol. The fourth-order valence-electron chi connectivity index (χ4n) is 2.79. The van der Waals surface area contributed by atoms with Crippen LogP contribution in [-0.4, -0.2) is 29.1 Å². The van der Waals surface area contributed by atoms with E-state index in [2.05, 4.69) is 27.6 Å². The summed E-state index contributed by atoms with van der Waals surface area (Å²) in [4.78, 5) is 10.7. The number of aliphatic hydroxyl groups is 1. The first kappa shape index (κ1) is 22.9. The maximum absolute atomic E-state index is 11.3. The molecule has 0 saturated carbocycles. The van der Waals surface area contributed by atoms with Gasteiger partial charge in [-0.05, 0) is 6.42 Å². The van der Waals surface area contributed by atoms with E-state index in [1.54, 1.807) is 0 Å². The number of hydrogen-bond acceptors (Lipinski definition) is 3. The molecule has 0 aromatic heterocycles. The highest BCUT2D eigenvalue weighted by molar-refractivity contribution is 9.10. The van der Waals surface area contributed by atoms with Gasteiger partial charge in [0.15, 0.2) is 0 Å². The molecule has 0 heterocycles. The lowest BCUT2D eigenvalue weighted by Crippen LogP contribution is -2.29. The van der Waals surface area contributed by atoms with Crippen molar-refractivity contribution in [1.29, 1.82) is 0 Å². The van der Waals surface area contributed by atoms with E-state index < -0.39 is 16.9 Å². The summed E-state index contributed by atoms with van der Waals surface area (Å²) in [6, 6.07) is 0. The number of esters is 1. The van der Waals surface area contributed by atoms with Crippen LogP contribution in [0.25, 0.3) is 0 Å². The van der Waals surface area contributed by atoms with Gasteiger partial charge in [0, 0.05) is 0 Å². The molecule has 0 rings (SSSR count). The van der Waals surface area contributed by atoms with Crippen LogP contribution in [-0.2, 0) is 9.53 Å². The number of hydrogen-bond donors (Lipinski definition) is 1. The summed E-state index contributed by atoms with van der Waals surface area (Å²) in [6.45, 7) is 2.26. The molecule has 0 amide bonds. The van der Waals surface area contributed by atoms with E-state index in [-0.39, 0.29) is 0 Å². The summed E-state index contributed by atoms with van der Waals surface area (Å²) in [5.41, 5.74) is 0. The first-order chi connectivity index (χ1) is 11.1. The van der Waals surface area contributed by atoms with Crippen molar-refractivity contribution in [2.45, 2.75) is 108 Å². The Morgan fingerprint density at radius 2 is 1.26 bits per heavy atom. The number of halogens is 1. The Morgan fingerprint density at radius 1 is 0.870 bits per heavy atom. The number of aliphatic hydroxyl groups excluding tert-OH is 1. The summed E-state index contributed by atoms with van der Waals surface area (Å²) >= 11 is 3.18. The van der Waals surface area contributed by atoms with Crippen LogP contribution in [0.15, 0.2) is 0 Å². The quantitative estimate of drug-likeness (QED) is 0.206. The molecule has 0 unspecified atom stereocenters. The third-order valence-corrected chi connectivity index (χ3v) is 5.35. The van der Waals surface area contributed by atoms with Gasteiger partial charge in [0.05, 0.1) is 13.2 Å². The van der Waals surface area contributed by atoms with E-state index in [1.165, 1.54) is 77.7 Å². The van der Waals surface area contributed by atoms with E-state index in [0.29, 0.717) is 6.42 Å². The van der Waals surface area contributed by atoms with Crippen molar-refractivity contribution in [3.8, 4) is 0 Å². The molecule has 4 heteroatoms. The number of rotatable bonds is 16. The fourth-order valence-corrected chi connectivity index (χ4v) is 3.24. The van der Waals surface area contributed by atoms with Crippen molar-refractivity contribution >= 4 is 21.9 Å². The molecule has 0 aliphatic rings. The molecule has 0 aromatic rings. The van der Waals surface area contributed by atoms with E-state index in [0.717, 1.165) is 12.8 Å². The topological polar surface area (TPSA) is 46.5 Å². The molecule has 2 atom stereocenters. The van der Waals surface area contributed by atoms with Gasteiger partial charge in [0.1, 0.15) is 4.83 Å². The molecule has 0 aliphatic heterocycles. The van der Waals surface area contributed by atoms with Crippen LogP contribution in [0.2, 0.25) is 0 Å². The Hall–Kier alpha value is -0.0900. The van der Waals surface area contributed by atoms with E-state index in [9.17, 15) is 9.90 Å². The lowest BCUT2D eigenvalue weighted by molar-refractivity contribution is -0.141. The molecule has 0 radical (unpaired) electrons. The Bertz CT molecular complexity index is 271. The Morgan fingerprint density at radius 3 is 1.65 bits per heavy atom. The third kappa shape index (κ3) is 14.0. The zero-order valence-electron chi connectivity index (χ0n) is 15.2. The van der Waals surface area contributed by atoms with Crippen LogP contribution < -0.4 is 0 Å². The smallest absolute Gasteiger partial charge is 0.322 e. The van der Waals surface area contributed by atoms with E-state index in [1.807, 2.05) is 0 Å². The largest absolute Gasteiger partial charge is 0.468 e. The minimum atomic E-state index is -0.643. The first-order valence-electron chi connectivity index (χ1n) is 9.53. The second kappa shape index (κ2) is 16.8. The minimum Gasteiger partial charge on any atom is -0.468 e. The van der Waals surface area contributed by atoms with Crippen LogP contribution in [0, 0.1) is 0 Å². The summed E-state index contributed by atoms with van der Waals surface area (Å²) < 4.78 is 4.61. The molecule has 0 fully saturated rings. The molecule has 0 saturated heterocycles. The van der Waals surface area contributed by atoms with Gasteiger partial charge in [-0.25, -0.2) is 0 Å². The van der Waals surface area contributed by atoms with E-state index >= 15 is 0 Å². The first-order valence-corrected chi connectivity index (χ1v) is 10.4.